The molecule has 2 saturated heterocycles. The van der Waals surface area contributed by atoms with Gasteiger partial charge in [0.05, 0.1) is 16.6 Å². The van der Waals surface area contributed by atoms with Crippen molar-refractivity contribution in [2.24, 2.45) is 11.8 Å². The lowest BCUT2D eigenvalue weighted by molar-refractivity contribution is -0.142. The quantitative estimate of drug-likeness (QED) is 0.688. The first-order valence-electron chi connectivity index (χ1n) is 13.4. The van der Waals surface area contributed by atoms with Crippen LogP contribution in [0.1, 0.15) is 72.0 Å². The summed E-state index contributed by atoms with van der Waals surface area (Å²) < 4.78 is 0. The predicted octanol–water partition coefficient (Wildman–Crippen LogP) is 4.37. The number of carbonyl (C=O) groups excluding carboxylic acids is 1. The summed E-state index contributed by atoms with van der Waals surface area (Å²) in [6.45, 7) is 6.36. The van der Waals surface area contributed by atoms with Crippen LogP contribution in [-0.4, -0.2) is 48.0 Å². The number of hydrogen-bond donors (Lipinski definition) is 2. The lowest BCUT2D eigenvalue weighted by Gasteiger charge is -2.47. The molecule has 182 valence electrons. The van der Waals surface area contributed by atoms with E-state index in [0.717, 1.165) is 50.6 Å². The van der Waals surface area contributed by atoms with E-state index in [0.29, 0.717) is 23.8 Å². The van der Waals surface area contributed by atoms with Crippen molar-refractivity contribution >= 4 is 17.2 Å². The topological polar surface area (TPSA) is 57.3 Å². The van der Waals surface area contributed by atoms with Gasteiger partial charge in [-0.2, -0.15) is 0 Å². The molecule has 4 heterocycles. The molecule has 2 N–H and O–H groups in total. The number of nitrogens with one attached hydrogen (secondary N) is 2. The number of rotatable bonds is 3. The summed E-state index contributed by atoms with van der Waals surface area (Å²) >= 11 is 1.82. The number of fused-ring (bicyclic) bond motifs is 2. The average molecular weight is 479 g/mol. The van der Waals surface area contributed by atoms with Crippen molar-refractivity contribution in [2.45, 2.75) is 75.8 Å². The second kappa shape index (κ2) is 9.36. The number of nitrogens with zero attached hydrogens (tertiary/aromatic N) is 2. The SMILES string of the molecule is Cc1nc2c(s1)[C@]1(CNC2)CNC[C@H]1C(=O)N1CC[C@@H](c2ccccc2)C[C@H]1C1CCCCC1. The van der Waals surface area contributed by atoms with Crippen LogP contribution in [0.25, 0.3) is 0 Å². The van der Waals surface area contributed by atoms with Gasteiger partial charge in [0.2, 0.25) is 5.91 Å². The van der Waals surface area contributed by atoms with Crippen LogP contribution >= 0.6 is 11.3 Å². The van der Waals surface area contributed by atoms with Crippen molar-refractivity contribution in [3.8, 4) is 0 Å². The molecule has 0 unspecified atom stereocenters. The third-order valence-electron chi connectivity index (χ3n) is 9.14. The fourth-order valence-electron chi connectivity index (χ4n) is 7.43. The molecule has 1 aliphatic carbocycles. The zero-order chi connectivity index (χ0) is 23.1. The number of hydrogen-bond acceptors (Lipinski definition) is 5. The maximum absolute atomic E-state index is 14.4. The van der Waals surface area contributed by atoms with Crippen LogP contribution in [0, 0.1) is 18.8 Å². The smallest absolute Gasteiger partial charge is 0.228 e. The lowest BCUT2D eigenvalue weighted by atomic mass is 9.71. The number of aromatic nitrogens is 1. The van der Waals surface area contributed by atoms with E-state index in [1.165, 1.54) is 48.2 Å². The molecule has 2 aromatic rings. The van der Waals surface area contributed by atoms with E-state index >= 15 is 0 Å². The van der Waals surface area contributed by atoms with E-state index in [4.69, 9.17) is 4.98 Å². The molecule has 0 radical (unpaired) electrons. The van der Waals surface area contributed by atoms with E-state index in [1.807, 2.05) is 11.3 Å². The number of thiazole rings is 1. The number of likely N-dealkylation sites (tertiary alicyclic amines) is 1. The highest BCUT2D eigenvalue weighted by molar-refractivity contribution is 7.11. The second-order valence-electron chi connectivity index (χ2n) is 11.1. The fraction of sp³-hybridized carbons (Fsp3) is 0.643. The Morgan fingerprint density at radius 1 is 1.09 bits per heavy atom. The first-order chi connectivity index (χ1) is 16.7. The molecule has 3 aliphatic heterocycles. The molecule has 1 saturated carbocycles. The van der Waals surface area contributed by atoms with Crippen LogP contribution in [0.15, 0.2) is 30.3 Å². The summed E-state index contributed by atoms with van der Waals surface area (Å²) in [6, 6.07) is 11.4. The highest BCUT2D eigenvalue weighted by Gasteiger charge is 2.53. The van der Waals surface area contributed by atoms with Crippen molar-refractivity contribution in [3.05, 3.63) is 51.5 Å². The zero-order valence-electron chi connectivity index (χ0n) is 20.4. The Balaban J connectivity index is 1.30. The molecule has 3 fully saturated rings. The largest absolute Gasteiger partial charge is 0.339 e. The van der Waals surface area contributed by atoms with Gasteiger partial charge in [-0.05, 0) is 50.0 Å². The number of aryl methyl sites for hydroxylation is 1. The van der Waals surface area contributed by atoms with Crippen LogP contribution in [0.4, 0.5) is 0 Å². The Kier molecular flexibility index (Phi) is 6.25. The minimum Gasteiger partial charge on any atom is -0.339 e. The monoisotopic (exact) mass is 478 g/mol. The van der Waals surface area contributed by atoms with E-state index in [1.54, 1.807) is 0 Å². The molecule has 1 aromatic carbocycles. The van der Waals surface area contributed by atoms with Crippen molar-refractivity contribution in [1.29, 1.82) is 0 Å². The minimum absolute atomic E-state index is 0.00161. The number of carbonyl (C=O) groups is 1. The lowest BCUT2D eigenvalue weighted by Crippen LogP contribution is -2.57. The van der Waals surface area contributed by atoms with Gasteiger partial charge in [0.1, 0.15) is 0 Å². The normalized spacial score (nSPS) is 32.1. The molecular weight excluding hydrogens is 440 g/mol. The van der Waals surface area contributed by atoms with Crippen molar-refractivity contribution < 1.29 is 4.79 Å². The molecule has 1 spiro atoms. The molecule has 4 atom stereocenters. The standard InChI is InChI=1S/C28H38N4OS/c1-19-31-24-16-30-18-28(26(24)34-19)17-29-15-23(28)27(33)32-13-12-22(20-8-4-2-5-9-20)14-25(32)21-10-6-3-7-11-21/h2,4-5,8-9,21-23,25,29-30H,3,6-7,10-18H2,1H3/t22-,23+,25+,28+/m1/s1. The maximum atomic E-state index is 14.4. The maximum Gasteiger partial charge on any atom is 0.228 e. The van der Waals surface area contributed by atoms with Crippen LogP contribution in [0.2, 0.25) is 0 Å². The molecular formula is C28H38N4OS. The van der Waals surface area contributed by atoms with E-state index in [-0.39, 0.29) is 11.3 Å². The Morgan fingerprint density at radius 3 is 2.71 bits per heavy atom. The third kappa shape index (κ3) is 3.92. The van der Waals surface area contributed by atoms with Gasteiger partial charge >= 0.3 is 0 Å². The van der Waals surface area contributed by atoms with Gasteiger partial charge < -0.3 is 15.5 Å². The molecule has 6 heteroatoms. The molecule has 1 amide bonds. The van der Waals surface area contributed by atoms with Crippen LogP contribution in [0.3, 0.4) is 0 Å². The average Bonchev–Trinajstić information content (AvgIpc) is 3.48. The van der Waals surface area contributed by atoms with Crippen LogP contribution in [-0.2, 0) is 16.8 Å². The Hall–Kier alpha value is -1.76. The van der Waals surface area contributed by atoms with Gasteiger partial charge in [-0.25, -0.2) is 4.98 Å². The fourth-order valence-corrected chi connectivity index (χ4v) is 8.61. The van der Waals surface area contributed by atoms with Crippen LogP contribution < -0.4 is 10.6 Å². The van der Waals surface area contributed by atoms with Gasteiger partial charge in [0, 0.05) is 49.1 Å². The first kappa shape index (κ1) is 22.7. The zero-order valence-corrected chi connectivity index (χ0v) is 21.2. The Labute approximate surface area is 207 Å². The number of amides is 1. The summed E-state index contributed by atoms with van der Waals surface area (Å²) in [5.74, 6) is 1.62. The minimum atomic E-state index is -0.149. The van der Waals surface area contributed by atoms with Crippen molar-refractivity contribution in [1.82, 2.24) is 20.5 Å². The second-order valence-corrected chi connectivity index (χ2v) is 12.3. The van der Waals surface area contributed by atoms with Crippen LogP contribution in [0.5, 0.6) is 0 Å². The molecule has 0 bridgehead atoms. The number of benzene rings is 1. The van der Waals surface area contributed by atoms with Gasteiger partial charge in [0.15, 0.2) is 0 Å². The van der Waals surface area contributed by atoms with Gasteiger partial charge in [0.25, 0.3) is 0 Å². The summed E-state index contributed by atoms with van der Waals surface area (Å²) in [6.07, 6.45) is 8.76. The molecule has 34 heavy (non-hydrogen) atoms. The highest BCUT2D eigenvalue weighted by Crippen LogP contribution is 2.45. The first-order valence-corrected chi connectivity index (χ1v) is 14.2. The molecule has 4 aliphatic rings. The summed E-state index contributed by atoms with van der Waals surface area (Å²) in [5, 5.41) is 8.36. The van der Waals surface area contributed by atoms with Gasteiger partial charge in [-0.15, -0.1) is 11.3 Å². The molecule has 6 rings (SSSR count). The van der Waals surface area contributed by atoms with Crippen molar-refractivity contribution in [2.75, 3.05) is 26.2 Å². The van der Waals surface area contributed by atoms with E-state index in [9.17, 15) is 4.79 Å². The van der Waals surface area contributed by atoms with Crippen molar-refractivity contribution in [3.63, 3.8) is 0 Å². The predicted molar refractivity (Wildman–Crippen MR) is 137 cm³/mol. The van der Waals surface area contributed by atoms with E-state index in [2.05, 4.69) is 52.8 Å². The molecule has 5 nitrogen and oxygen atoms in total. The summed E-state index contributed by atoms with van der Waals surface area (Å²) in [7, 11) is 0. The Morgan fingerprint density at radius 2 is 1.88 bits per heavy atom. The third-order valence-corrected chi connectivity index (χ3v) is 10.4. The molecule has 1 aromatic heterocycles. The van der Waals surface area contributed by atoms with Gasteiger partial charge in [-0.3, -0.25) is 4.79 Å². The van der Waals surface area contributed by atoms with Gasteiger partial charge in [-0.1, -0.05) is 49.6 Å². The highest BCUT2D eigenvalue weighted by atomic mass is 32.1. The number of piperidine rings is 1. The Bertz CT molecular complexity index is 1020. The van der Waals surface area contributed by atoms with E-state index < -0.39 is 0 Å². The summed E-state index contributed by atoms with van der Waals surface area (Å²) in [4.78, 5) is 23.0. The summed E-state index contributed by atoms with van der Waals surface area (Å²) in [5.41, 5.74) is 2.47.